The molecule has 0 radical (unpaired) electrons. The van der Waals surface area contributed by atoms with Crippen LogP contribution >= 0.6 is 0 Å². The average Bonchev–Trinajstić information content (AvgIpc) is 3.40. The monoisotopic (exact) mass is 505 g/mol. The maximum atomic E-state index is 13.8. The number of dihydropyridines is 1. The quantitative estimate of drug-likeness (QED) is 0.509. The van der Waals surface area contributed by atoms with Crippen molar-refractivity contribution in [3.8, 4) is 11.5 Å². The fourth-order valence-corrected chi connectivity index (χ4v) is 5.86. The van der Waals surface area contributed by atoms with Gasteiger partial charge in [0.05, 0.1) is 19.8 Å². The molecule has 3 aliphatic rings. The third-order valence-corrected chi connectivity index (χ3v) is 7.71. The molecule has 7 heteroatoms. The average molecular weight is 506 g/mol. The normalized spacial score (nSPS) is 22.0. The highest BCUT2D eigenvalue weighted by molar-refractivity contribution is 6.04. The molecule has 2 atom stereocenters. The Balaban J connectivity index is 1.52. The maximum absolute atomic E-state index is 13.8. The van der Waals surface area contributed by atoms with Gasteiger partial charge in [0.15, 0.2) is 17.3 Å². The summed E-state index contributed by atoms with van der Waals surface area (Å²) in [7, 11) is 3.18. The van der Waals surface area contributed by atoms with Gasteiger partial charge in [-0.2, -0.15) is 0 Å². The molecular weight excluding hydrogens is 473 g/mol. The Morgan fingerprint density at radius 2 is 1.62 bits per heavy atom. The van der Waals surface area contributed by atoms with Crippen LogP contribution in [0.5, 0.6) is 11.5 Å². The highest BCUT2D eigenvalue weighted by Gasteiger charge is 2.42. The lowest BCUT2D eigenvalue weighted by molar-refractivity contribution is -0.144. The lowest BCUT2D eigenvalue weighted by Gasteiger charge is -2.37. The van der Waals surface area contributed by atoms with Crippen LogP contribution in [0.4, 0.5) is 4.39 Å². The number of methoxy groups -OCH3 is 2. The van der Waals surface area contributed by atoms with Crippen molar-refractivity contribution in [1.29, 1.82) is 0 Å². The van der Waals surface area contributed by atoms with Crippen molar-refractivity contribution in [2.24, 2.45) is 0 Å². The predicted molar refractivity (Wildman–Crippen MR) is 137 cm³/mol. The SMILES string of the molecule is COc1ccc(C2CC(=O)C3=C(C2)NC(C)=C(C(=O)OC2CCCC2)C3c2ccc(F)cc2)cc1OC. The van der Waals surface area contributed by atoms with Crippen LogP contribution in [0, 0.1) is 5.82 Å². The molecule has 0 spiro atoms. The van der Waals surface area contributed by atoms with Crippen LogP contribution < -0.4 is 14.8 Å². The number of benzene rings is 2. The van der Waals surface area contributed by atoms with E-state index in [2.05, 4.69) is 5.32 Å². The number of carbonyl (C=O) groups excluding carboxylic acids is 2. The molecule has 6 nitrogen and oxygen atoms in total. The highest BCUT2D eigenvalue weighted by Crippen LogP contribution is 2.46. The summed E-state index contributed by atoms with van der Waals surface area (Å²) >= 11 is 0. The molecule has 1 saturated carbocycles. The second-order valence-corrected chi connectivity index (χ2v) is 10.00. The zero-order chi connectivity index (χ0) is 26.1. The van der Waals surface area contributed by atoms with Crippen LogP contribution in [0.2, 0.25) is 0 Å². The molecule has 194 valence electrons. The Bertz CT molecular complexity index is 1270. The Labute approximate surface area is 216 Å². The summed E-state index contributed by atoms with van der Waals surface area (Å²) in [5.74, 6) is -0.247. The van der Waals surface area contributed by atoms with Gasteiger partial charge in [-0.25, -0.2) is 9.18 Å². The van der Waals surface area contributed by atoms with E-state index >= 15 is 0 Å². The van der Waals surface area contributed by atoms with E-state index in [1.54, 1.807) is 26.4 Å². The number of hydrogen-bond acceptors (Lipinski definition) is 6. The Kier molecular flexibility index (Phi) is 7.04. The van der Waals surface area contributed by atoms with E-state index in [0.29, 0.717) is 40.3 Å². The summed E-state index contributed by atoms with van der Waals surface area (Å²) in [6.07, 6.45) is 4.57. The van der Waals surface area contributed by atoms with Crippen molar-refractivity contribution in [3.63, 3.8) is 0 Å². The predicted octanol–water partition coefficient (Wildman–Crippen LogP) is 5.69. The molecule has 0 amide bonds. The van der Waals surface area contributed by atoms with Crippen LogP contribution in [0.25, 0.3) is 0 Å². The fourth-order valence-electron chi connectivity index (χ4n) is 5.86. The number of halogens is 1. The zero-order valence-corrected chi connectivity index (χ0v) is 21.4. The highest BCUT2D eigenvalue weighted by atomic mass is 19.1. The Morgan fingerprint density at radius 1 is 0.946 bits per heavy atom. The summed E-state index contributed by atoms with van der Waals surface area (Å²) in [4.78, 5) is 27.2. The number of ketones is 1. The van der Waals surface area contributed by atoms with Crippen LogP contribution in [0.15, 0.2) is 65.0 Å². The number of ether oxygens (including phenoxy) is 3. The van der Waals surface area contributed by atoms with Gasteiger partial charge in [0.25, 0.3) is 0 Å². The van der Waals surface area contributed by atoms with Crippen molar-refractivity contribution in [1.82, 2.24) is 5.32 Å². The molecular formula is C30H32FNO5. The Hall–Kier alpha value is -3.61. The molecule has 1 aliphatic heterocycles. The third-order valence-electron chi connectivity index (χ3n) is 7.71. The molecule has 37 heavy (non-hydrogen) atoms. The van der Waals surface area contributed by atoms with Gasteiger partial charge < -0.3 is 19.5 Å². The molecule has 0 aromatic heterocycles. The summed E-state index contributed by atoms with van der Waals surface area (Å²) < 4.78 is 30.5. The molecule has 1 N–H and O–H groups in total. The van der Waals surface area contributed by atoms with Crippen LogP contribution in [0.1, 0.15) is 68.4 Å². The third kappa shape index (κ3) is 4.87. The number of nitrogens with one attached hydrogen (secondary N) is 1. The van der Waals surface area contributed by atoms with Gasteiger partial charge in [-0.05, 0) is 80.3 Å². The van der Waals surface area contributed by atoms with Gasteiger partial charge in [0, 0.05) is 29.3 Å². The van der Waals surface area contributed by atoms with Crippen molar-refractivity contribution in [2.75, 3.05) is 14.2 Å². The Morgan fingerprint density at radius 3 is 2.30 bits per heavy atom. The van der Waals surface area contributed by atoms with E-state index in [0.717, 1.165) is 36.9 Å². The van der Waals surface area contributed by atoms with Crippen LogP contribution in [-0.4, -0.2) is 32.1 Å². The van der Waals surface area contributed by atoms with E-state index in [-0.39, 0.29) is 30.0 Å². The molecule has 0 saturated heterocycles. The number of esters is 1. The molecule has 2 aromatic rings. The topological polar surface area (TPSA) is 73.9 Å². The second kappa shape index (κ2) is 10.4. The van der Waals surface area contributed by atoms with E-state index in [9.17, 15) is 14.0 Å². The minimum Gasteiger partial charge on any atom is -0.493 e. The summed E-state index contributed by atoms with van der Waals surface area (Å²) in [5.41, 5.74) is 4.12. The molecule has 2 unspecified atom stereocenters. The lowest BCUT2D eigenvalue weighted by Crippen LogP contribution is -2.36. The van der Waals surface area contributed by atoms with Crippen molar-refractivity contribution >= 4 is 11.8 Å². The minimum absolute atomic E-state index is 0.0403. The number of Topliss-reactive ketones (excluding diaryl/α,β-unsaturated/α-hetero) is 1. The summed E-state index contributed by atoms with van der Waals surface area (Å²) in [6.45, 7) is 1.84. The van der Waals surface area contributed by atoms with Crippen molar-refractivity contribution in [2.45, 2.75) is 63.4 Å². The van der Waals surface area contributed by atoms with Gasteiger partial charge >= 0.3 is 5.97 Å². The van der Waals surface area contributed by atoms with Gasteiger partial charge in [0.1, 0.15) is 11.9 Å². The zero-order valence-electron chi connectivity index (χ0n) is 21.4. The number of allylic oxidation sites excluding steroid dienone is 3. The smallest absolute Gasteiger partial charge is 0.337 e. The number of carbonyl (C=O) groups is 2. The van der Waals surface area contributed by atoms with Crippen molar-refractivity contribution < 1.29 is 28.2 Å². The number of hydrogen-bond donors (Lipinski definition) is 1. The minimum atomic E-state index is -0.607. The van der Waals surface area contributed by atoms with Gasteiger partial charge in [-0.1, -0.05) is 18.2 Å². The van der Waals surface area contributed by atoms with E-state index in [1.165, 1.54) is 12.1 Å². The van der Waals surface area contributed by atoms with E-state index in [1.807, 2.05) is 25.1 Å². The first kappa shape index (κ1) is 25.1. The van der Waals surface area contributed by atoms with E-state index < -0.39 is 11.9 Å². The molecule has 0 bridgehead atoms. The first-order chi connectivity index (χ1) is 17.9. The standard InChI is InChI=1S/C30H32FNO5/c1-17-27(30(34)37-22-6-4-5-7-22)28(18-8-11-21(31)12-9-18)29-23(32-17)14-20(15-24(29)33)19-10-13-25(35-2)26(16-19)36-3/h8-13,16,20,22,28,32H,4-7,14-15H2,1-3H3. The van der Waals surface area contributed by atoms with Gasteiger partial charge in [0.2, 0.25) is 0 Å². The van der Waals surface area contributed by atoms with Crippen molar-refractivity contribution in [3.05, 3.63) is 81.9 Å². The van der Waals surface area contributed by atoms with E-state index in [4.69, 9.17) is 14.2 Å². The molecule has 1 fully saturated rings. The van der Waals surface area contributed by atoms with Gasteiger partial charge in [-0.3, -0.25) is 4.79 Å². The molecule has 2 aromatic carbocycles. The first-order valence-corrected chi connectivity index (χ1v) is 12.8. The van der Waals surface area contributed by atoms with Crippen LogP contribution in [-0.2, 0) is 14.3 Å². The molecule has 2 aliphatic carbocycles. The molecule has 5 rings (SSSR count). The number of rotatable bonds is 6. The summed E-state index contributed by atoms with van der Waals surface area (Å²) in [6, 6.07) is 11.8. The van der Waals surface area contributed by atoms with Gasteiger partial charge in [-0.15, -0.1) is 0 Å². The fraction of sp³-hybridized carbons (Fsp3) is 0.400. The summed E-state index contributed by atoms with van der Waals surface area (Å²) in [5, 5.41) is 3.37. The lowest BCUT2D eigenvalue weighted by atomic mass is 9.71. The largest absolute Gasteiger partial charge is 0.493 e. The second-order valence-electron chi connectivity index (χ2n) is 10.00. The first-order valence-electron chi connectivity index (χ1n) is 12.8. The molecule has 1 heterocycles. The van der Waals surface area contributed by atoms with Crippen LogP contribution in [0.3, 0.4) is 0 Å². The maximum Gasteiger partial charge on any atom is 0.337 e.